The fourth-order valence-electron chi connectivity index (χ4n) is 2.76. The molecule has 7 nitrogen and oxygen atoms in total. The van der Waals surface area contributed by atoms with Crippen molar-refractivity contribution >= 4 is 34.6 Å². The molecule has 0 unspecified atom stereocenters. The molecule has 0 saturated heterocycles. The maximum atomic E-state index is 12.0. The molecule has 0 aliphatic heterocycles. The second-order valence-corrected chi connectivity index (χ2v) is 6.49. The highest BCUT2D eigenvalue weighted by Crippen LogP contribution is 2.31. The summed E-state index contributed by atoms with van der Waals surface area (Å²) in [5.41, 5.74) is 1.74. The Morgan fingerprint density at radius 3 is 2.64 bits per heavy atom. The maximum absolute atomic E-state index is 12.0. The van der Waals surface area contributed by atoms with E-state index >= 15 is 0 Å². The van der Waals surface area contributed by atoms with Crippen molar-refractivity contribution < 1.29 is 9.59 Å². The number of aromatic nitrogens is 3. The first-order chi connectivity index (χ1) is 13.7. The summed E-state index contributed by atoms with van der Waals surface area (Å²) in [6.07, 6.45) is 7.43. The van der Waals surface area contributed by atoms with E-state index in [0.29, 0.717) is 28.5 Å². The van der Waals surface area contributed by atoms with Crippen molar-refractivity contribution in [1.82, 2.24) is 15.0 Å². The molecule has 1 fully saturated rings. The molecule has 1 amide bonds. The number of nitrogens with zero attached hydrogens (tertiary/aromatic N) is 3. The SMILES string of the molecule is CNc1ncc(C#Cc2ccc(C=O)cn2)c2cc(NC(=O)C3CC3)ncc12. The molecule has 0 atom stereocenters. The summed E-state index contributed by atoms with van der Waals surface area (Å²) in [5, 5.41) is 7.54. The minimum atomic E-state index is 0.00171. The third-order valence-corrected chi connectivity index (χ3v) is 4.46. The van der Waals surface area contributed by atoms with Crippen molar-refractivity contribution in [2.75, 3.05) is 17.7 Å². The second-order valence-electron chi connectivity index (χ2n) is 6.49. The molecule has 3 aromatic rings. The number of amides is 1. The zero-order valence-corrected chi connectivity index (χ0v) is 15.2. The number of nitrogens with one attached hydrogen (secondary N) is 2. The predicted octanol–water partition coefficient (Wildman–Crippen LogP) is 2.63. The Morgan fingerprint density at radius 2 is 1.96 bits per heavy atom. The highest BCUT2D eigenvalue weighted by molar-refractivity contribution is 5.99. The van der Waals surface area contributed by atoms with Gasteiger partial charge in [0, 0.05) is 47.9 Å². The monoisotopic (exact) mass is 371 g/mol. The van der Waals surface area contributed by atoms with Crippen LogP contribution in [0.2, 0.25) is 0 Å². The van der Waals surface area contributed by atoms with E-state index in [1.165, 1.54) is 6.20 Å². The van der Waals surface area contributed by atoms with Gasteiger partial charge in [-0.1, -0.05) is 5.92 Å². The molecule has 2 N–H and O–H groups in total. The predicted molar refractivity (Wildman–Crippen MR) is 106 cm³/mol. The van der Waals surface area contributed by atoms with Crippen LogP contribution in [-0.4, -0.2) is 34.2 Å². The molecule has 0 radical (unpaired) electrons. The van der Waals surface area contributed by atoms with Gasteiger partial charge in [-0.05, 0) is 37.0 Å². The number of pyridine rings is 3. The number of aldehydes is 1. The molecule has 1 aliphatic rings. The van der Waals surface area contributed by atoms with Gasteiger partial charge in [0.15, 0.2) is 6.29 Å². The number of hydrogen-bond acceptors (Lipinski definition) is 6. The number of rotatable bonds is 4. The van der Waals surface area contributed by atoms with E-state index in [1.54, 1.807) is 31.6 Å². The summed E-state index contributed by atoms with van der Waals surface area (Å²) >= 11 is 0. The Balaban J connectivity index is 1.72. The molecule has 1 aliphatic carbocycles. The van der Waals surface area contributed by atoms with E-state index in [1.807, 2.05) is 6.07 Å². The lowest BCUT2D eigenvalue weighted by Crippen LogP contribution is -2.14. The van der Waals surface area contributed by atoms with Crippen molar-refractivity contribution in [2.24, 2.45) is 5.92 Å². The summed E-state index contributed by atoms with van der Waals surface area (Å²) in [6, 6.07) is 5.17. The van der Waals surface area contributed by atoms with Gasteiger partial charge < -0.3 is 10.6 Å². The summed E-state index contributed by atoms with van der Waals surface area (Å²) < 4.78 is 0. The zero-order chi connectivity index (χ0) is 19.5. The molecule has 1 saturated carbocycles. The van der Waals surface area contributed by atoms with Gasteiger partial charge in [0.05, 0.1) is 5.56 Å². The molecular weight excluding hydrogens is 354 g/mol. The standard InChI is InChI=1S/C21H17N5O2/c1-22-20-18-11-24-19(26-21(28)14-3-4-14)8-17(18)15(10-25-20)5-7-16-6-2-13(12-27)9-23-16/h2,6,8-12,14H,3-4H2,1H3,(H,22,25)(H,24,26,28). The van der Waals surface area contributed by atoms with Crippen LogP contribution >= 0.6 is 0 Å². The number of carbonyl (C=O) groups is 2. The number of fused-ring (bicyclic) bond motifs is 1. The van der Waals surface area contributed by atoms with Crippen molar-refractivity contribution in [2.45, 2.75) is 12.8 Å². The van der Waals surface area contributed by atoms with E-state index in [9.17, 15) is 9.59 Å². The third kappa shape index (κ3) is 3.67. The van der Waals surface area contributed by atoms with E-state index < -0.39 is 0 Å². The molecule has 3 heterocycles. The van der Waals surface area contributed by atoms with Crippen LogP contribution in [-0.2, 0) is 4.79 Å². The van der Waals surface area contributed by atoms with Crippen LogP contribution in [0.15, 0.2) is 36.8 Å². The third-order valence-electron chi connectivity index (χ3n) is 4.46. The first-order valence-electron chi connectivity index (χ1n) is 8.88. The fourth-order valence-corrected chi connectivity index (χ4v) is 2.76. The molecular formula is C21H17N5O2. The first-order valence-corrected chi connectivity index (χ1v) is 8.88. The second kappa shape index (κ2) is 7.45. The van der Waals surface area contributed by atoms with Gasteiger partial charge in [-0.2, -0.15) is 0 Å². The van der Waals surface area contributed by atoms with Crippen LogP contribution in [0.3, 0.4) is 0 Å². The molecule has 138 valence electrons. The Morgan fingerprint density at radius 1 is 1.11 bits per heavy atom. The fraction of sp³-hybridized carbons (Fsp3) is 0.190. The highest BCUT2D eigenvalue weighted by Gasteiger charge is 2.29. The summed E-state index contributed by atoms with van der Waals surface area (Å²) in [7, 11) is 1.79. The van der Waals surface area contributed by atoms with Gasteiger partial charge in [-0.3, -0.25) is 9.59 Å². The number of carbonyl (C=O) groups excluding carboxylic acids is 2. The highest BCUT2D eigenvalue weighted by atomic mass is 16.2. The van der Waals surface area contributed by atoms with Gasteiger partial charge in [-0.15, -0.1) is 0 Å². The Labute approximate surface area is 161 Å². The van der Waals surface area contributed by atoms with Crippen LogP contribution in [0.4, 0.5) is 11.6 Å². The van der Waals surface area contributed by atoms with Crippen molar-refractivity contribution in [3.8, 4) is 11.8 Å². The van der Waals surface area contributed by atoms with Gasteiger partial charge in [-0.25, -0.2) is 15.0 Å². The van der Waals surface area contributed by atoms with Gasteiger partial charge in [0.25, 0.3) is 0 Å². The van der Waals surface area contributed by atoms with Crippen LogP contribution < -0.4 is 10.6 Å². The molecule has 3 aromatic heterocycles. The molecule has 0 spiro atoms. The smallest absolute Gasteiger partial charge is 0.228 e. The van der Waals surface area contributed by atoms with Crippen molar-refractivity contribution in [3.63, 3.8) is 0 Å². The molecule has 0 bridgehead atoms. The van der Waals surface area contributed by atoms with Gasteiger partial charge in [0.2, 0.25) is 5.91 Å². The van der Waals surface area contributed by atoms with Crippen molar-refractivity contribution in [1.29, 1.82) is 0 Å². The normalized spacial score (nSPS) is 12.8. The van der Waals surface area contributed by atoms with Gasteiger partial charge >= 0.3 is 0 Å². The van der Waals surface area contributed by atoms with Crippen LogP contribution in [0.1, 0.15) is 34.5 Å². The molecule has 4 rings (SSSR count). The lowest BCUT2D eigenvalue weighted by molar-refractivity contribution is -0.117. The lowest BCUT2D eigenvalue weighted by Gasteiger charge is -2.09. The van der Waals surface area contributed by atoms with Crippen LogP contribution in [0.25, 0.3) is 10.8 Å². The Bertz CT molecular complexity index is 1130. The molecule has 28 heavy (non-hydrogen) atoms. The zero-order valence-electron chi connectivity index (χ0n) is 15.2. The first kappa shape index (κ1) is 17.6. The molecule has 0 aromatic carbocycles. The van der Waals surface area contributed by atoms with E-state index in [2.05, 4.69) is 37.4 Å². The largest absolute Gasteiger partial charge is 0.373 e. The topological polar surface area (TPSA) is 96.9 Å². The van der Waals surface area contributed by atoms with E-state index in [0.717, 1.165) is 29.9 Å². The number of hydrogen-bond donors (Lipinski definition) is 2. The number of anilines is 2. The van der Waals surface area contributed by atoms with Crippen LogP contribution in [0, 0.1) is 17.8 Å². The minimum absolute atomic E-state index is 0.00171. The summed E-state index contributed by atoms with van der Waals surface area (Å²) in [6.45, 7) is 0. The molecule has 7 heteroatoms. The van der Waals surface area contributed by atoms with Gasteiger partial charge in [0.1, 0.15) is 17.3 Å². The van der Waals surface area contributed by atoms with Crippen LogP contribution in [0.5, 0.6) is 0 Å². The van der Waals surface area contributed by atoms with E-state index in [4.69, 9.17) is 0 Å². The average molecular weight is 371 g/mol. The van der Waals surface area contributed by atoms with E-state index in [-0.39, 0.29) is 11.8 Å². The minimum Gasteiger partial charge on any atom is -0.373 e. The van der Waals surface area contributed by atoms with Crippen molar-refractivity contribution in [3.05, 3.63) is 53.6 Å². The quantitative estimate of drug-likeness (QED) is 0.541. The maximum Gasteiger partial charge on any atom is 0.228 e. The lowest BCUT2D eigenvalue weighted by atomic mass is 10.1. The Kier molecular flexibility index (Phi) is 4.68. The Hall–Kier alpha value is -3.79. The summed E-state index contributed by atoms with van der Waals surface area (Å²) in [5.74, 6) is 7.34. The summed E-state index contributed by atoms with van der Waals surface area (Å²) in [4.78, 5) is 35.7. The average Bonchev–Trinajstić information content (AvgIpc) is 3.58.